The number of amides is 1. The van der Waals surface area contributed by atoms with Gasteiger partial charge in [0, 0.05) is 12.1 Å². The summed E-state index contributed by atoms with van der Waals surface area (Å²) < 4.78 is 5.13. The first-order valence-corrected chi connectivity index (χ1v) is 7.06. The molecule has 1 aromatic heterocycles. The van der Waals surface area contributed by atoms with Crippen molar-refractivity contribution in [1.29, 1.82) is 0 Å². The Morgan fingerprint density at radius 1 is 1.29 bits per heavy atom. The number of aliphatic hydroxyl groups is 1. The van der Waals surface area contributed by atoms with Gasteiger partial charge in [-0.1, -0.05) is 17.7 Å². The van der Waals surface area contributed by atoms with Gasteiger partial charge in [0.25, 0.3) is 5.91 Å². The van der Waals surface area contributed by atoms with Crippen LogP contribution in [-0.4, -0.2) is 17.6 Å². The van der Waals surface area contributed by atoms with E-state index in [2.05, 4.69) is 5.32 Å². The van der Waals surface area contributed by atoms with Crippen LogP contribution in [0.1, 0.15) is 45.3 Å². The summed E-state index contributed by atoms with van der Waals surface area (Å²) in [5, 5.41) is 12.7. The number of hydrogen-bond donors (Lipinski definition) is 2. The van der Waals surface area contributed by atoms with E-state index >= 15 is 0 Å². The second-order valence-electron chi connectivity index (χ2n) is 5.35. The van der Waals surface area contributed by atoms with Crippen molar-refractivity contribution in [3.8, 4) is 0 Å². The lowest BCUT2D eigenvalue weighted by atomic mass is 9.99. The lowest BCUT2D eigenvalue weighted by Crippen LogP contribution is -2.27. The summed E-state index contributed by atoms with van der Waals surface area (Å²) in [6.45, 7) is 6.29. The molecule has 1 unspecified atom stereocenters. The molecule has 0 aliphatic heterocycles. The van der Waals surface area contributed by atoms with Gasteiger partial charge in [-0.05, 0) is 50.5 Å². The van der Waals surface area contributed by atoms with Crippen LogP contribution >= 0.6 is 0 Å². The van der Waals surface area contributed by atoms with Crippen molar-refractivity contribution in [2.24, 2.45) is 0 Å². The number of aliphatic hydroxyl groups excluding tert-OH is 1. The van der Waals surface area contributed by atoms with Crippen LogP contribution in [0.2, 0.25) is 0 Å². The molecule has 1 amide bonds. The minimum atomic E-state index is -0.694. The summed E-state index contributed by atoms with van der Waals surface area (Å²) in [5.74, 6) is 0.420. The number of carbonyl (C=O) groups excluding carboxylic acids is 1. The molecular weight excluding hydrogens is 266 g/mol. The van der Waals surface area contributed by atoms with E-state index in [4.69, 9.17) is 4.42 Å². The molecule has 0 spiro atoms. The van der Waals surface area contributed by atoms with Gasteiger partial charge in [-0.3, -0.25) is 4.79 Å². The number of nitrogens with one attached hydrogen (secondary N) is 1. The normalized spacial score (nSPS) is 12.2. The summed E-state index contributed by atoms with van der Waals surface area (Å²) in [6, 6.07) is 7.45. The molecule has 1 heterocycles. The van der Waals surface area contributed by atoms with E-state index in [9.17, 15) is 9.90 Å². The van der Waals surface area contributed by atoms with Gasteiger partial charge in [-0.15, -0.1) is 0 Å². The Labute approximate surface area is 124 Å². The smallest absolute Gasteiger partial charge is 0.251 e. The highest BCUT2D eigenvalue weighted by molar-refractivity contribution is 5.97. The summed E-state index contributed by atoms with van der Waals surface area (Å²) >= 11 is 0. The average Bonchev–Trinajstić information content (AvgIpc) is 2.91. The van der Waals surface area contributed by atoms with Gasteiger partial charge in [0.1, 0.15) is 11.9 Å². The Kier molecular flexibility index (Phi) is 4.81. The summed E-state index contributed by atoms with van der Waals surface area (Å²) in [5.41, 5.74) is 3.80. The van der Waals surface area contributed by atoms with Crippen LogP contribution in [0.15, 0.2) is 34.9 Å². The van der Waals surface area contributed by atoms with Crippen LogP contribution in [0.4, 0.5) is 0 Å². The zero-order valence-corrected chi connectivity index (χ0v) is 12.6. The highest BCUT2D eigenvalue weighted by atomic mass is 16.4. The number of aryl methyl sites for hydroxylation is 3. The quantitative estimate of drug-likeness (QED) is 0.888. The molecule has 1 atom stereocenters. The molecule has 0 fully saturated rings. The van der Waals surface area contributed by atoms with Crippen LogP contribution in [0.5, 0.6) is 0 Å². The third-order valence-electron chi connectivity index (χ3n) is 3.48. The van der Waals surface area contributed by atoms with Gasteiger partial charge in [-0.25, -0.2) is 0 Å². The van der Waals surface area contributed by atoms with Crippen LogP contribution in [0.3, 0.4) is 0 Å². The fraction of sp³-hybridized carbons (Fsp3) is 0.353. The average molecular weight is 287 g/mol. The van der Waals surface area contributed by atoms with E-state index in [1.165, 1.54) is 6.26 Å². The molecule has 2 N–H and O–H groups in total. The minimum Gasteiger partial charge on any atom is -0.467 e. The van der Waals surface area contributed by atoms with Crippen LogP contribution in [-0.2, 0) is 0 Å². The Hall–Kier alpha value is -2.07. The zero-order valence-electron chi connectivity index (χ0n) is 12.6. The maximum absolute atomic E-state index is 12.2. The second kappa shape index (κ2) is 6.59. The van der Waals surface area contributed by atoms with E-state index < -0.39 is 6.10 Å². The molecule has 4 nitrogen and oxygen atoms in total. The second-order valence-corrected chi connectivity index (χ2v) is 5.35. The molecule has 21 heavy (non-hydrogen) atoms. The predicted molar refractivity (Wildman–Crippen MR) is 81.3 cm³/mol. The Balaban J connectivity index is 1.94. The Morgan fingerprint density at radius 3 is 2.52 bits per heavy atom. The number of furan rings is 1. The first kappa shape index (κ1) is 15.3. The minimum absolute atomic E-state index is 0.100. The number of hydrogen-bond acceptors (Lipinski definition) is 3. The van der Waals surface area contributed by atoms with Crippen LogP contribution in [0, 0.1) is 20.8 Å². The summed E-state index contributed by atoms with van der Waals surface area (Å²) in [6.07, 6.45) is 1.25. The predicted octanol–water partition coefficient (Wildman–Crippen LogP) is 3.06. The van der Waals surface area contributed by atoms with Crippen LogP contribution < -0.4 is 5.32 Å². The fourth-order valence-electron chi connectivity index (χ4n) is 2.57. The molecule has 112 valence electrons. The van der Waals surface area contributed by atoms with Crippen molar-refractivity contribution in [3.63, 3.8) is 0 Å². The monoisotopic (exact) mass is 287 g/mol. The van der Waals surface area contributed by atoms with E-state index in [0.29, 0.717) is 24.3 Å². The van der Waals surface area contributed by atoms with Crippen molar-refractivity contribution < 1.29 is 14.3 Å². The molecule has 0 saturated heterocycles. The van der Waals surface area contributed by atoms with E-state index in [1.807, 2.05) is 32.9 Å². The summed E-state index contributed by atoms with van der Waals surface area (Å²) in [4.78, 5) is 12.2. The van der Waals surface area contributed by atoms with Crippen molar-refractivity contribution >= 4 is 5.91 Å². The van der Waals surface area contributed by atoms with Crippen molar-refractivity contribution in [2.75, 3.05) is 6.54 Å². The molecule has 0 radical (unpaired) electrons. The van der Waals surface area contributed by atoms with Gasteiger partial charge in [0.15, 0.2) is 0 Å². The highest BCUT2D eigenvalue weighted by Crippen LogP contribution is 2.18. The molecular formula is C17H21NO3. The molecule has 0 bridgehead atoms. The third-order valence-corrected chi connectivity index (χ3v) is 3.48. The molecule has 1 aromatic carbocycles. The topological polar surface area (TPSA) is 62.5 Å². The number of carbonyl (C=O) groups is 1. The van der Waals surface area contributed by atoms with Gasteiger partial charge in [0.05, 0.1) is 6.26 Å². The Morgan fingerprint density at radius 2 is 1.95 bits per heavy atom. The maximum atomic E-state index is 12.2. The van der Waals surface area contributed by atoms with Crippen LogP contribution in [0.25, 0.3) is 0 Å². The largest absolute Gasteiger partial charge is 0.467 e. The number of benzene rings is 1. The van der Waals surface area contributed by atoms with E-state index in [1.54, 1.807) is 12.1 Å². The Bertz CT molecular complexity index is 594. The maximum Gasteiger partial charge on any atom is 0.251 e. The van der Waals surface area contributed by atoms with Gasteiger partial charge < -0.3 is 14.8 Å². The van der Waals surface area contributed by atoms with Gasteiger partial charge >= 0.3 is 0 Å². The SMILES string of the molecule is Cc1cc(C)c(C(=O)NCCC(O)c2ccco2)c(C)c1. The molecule has 2 aromatic rings. The van der Waals surface area contributed by atoms with Gasteiger partial charge in [-0.2, -0.15) is 0 Å². The van der Waals surface area contributed by atoms with E-state index in [-0.39, 0.29) is 5.91 Å². The first-order chi connectivity index (χ1) is 9.99. The third kappa shape index (κ3) is 3.73. The van der Waals surface area contributed by atoms with Gasteiger partial charge in [0.2, 0.25) is 0 Å². The molecule has 0 saturated carbocycles. The fourth-order valence-corrected chi connectivity index (χ4v) is 2.57. The van der Waals surface area contributed by atoms with Crippen molar-refractivity contribution in [3.05, 3.63) is 58.5 Å². The summed E-state index contributed by atoms with van der Waals surface area (Å²) in [7, 11) is 0. The van der Waals surface area contributed by atoms with Crippen molar-refractivity contribution in [1.82, 2.24) is 5.32 Å². The first-order valence-electron chi connectivity index (χ1n) is 7.06. The lowest BCUT2D eigenvalue weighted by Gasteiger charge is -2.13. The van der Waals surface area contributed by atoms with Crippen molar-refractivity contribution in [2.45, 2.75) is 33.3 Å². The zero-order chi connectivity index (χ0) is 15.4. The molecule has 4 heteroatoms. The van der Waals surface area contributed by atoms with E-state index in [0.717, 1.165) is 16.7 Å². The molecule has 0 aliphatic rings. The molecule has 0 aliphatic carbocycles. The lowest BCUT2D eigenvalue weighted by molar-refractivity contribution is 0.0935. The standard InChI is InChI=1S/C17H21NO3/c1-11-9-12(2)16(13(3)10-11)17(20)18-7-6-14(19)15-5-4-8-21-15/h4-5,8-10,14,19H,6-7H2,1-3H3,(H,18,20). The highest BCUT2D eigenvalue weighted by Gasteiger charge is 2.14. The molecule has 2 rings (SSSR count). The number of rotatable bonds is 5.